The van der Waals surface area contributed by atoms with Gasteiger partial charge in [-0.2, -0.15) is 5.10 Å². The lowest BCUT2D eigenvalue weighted by Gasteiger charge is -2.34. The fraction of sp³-hybridized carbons (Fsp3) is 0.308. The fourth-order valence-corrected chi connectivity index (χ4v) is 8.04. The number of aromatic amines is 1. The molecular formula is C39H39Cl2N5O4. The Bertz CT molecular complexity index is 2360. The number of aromatic carboxylic acids is 1. The molecule has 1 amide bonds. The molecule has 0 saturated heterocycles. The summed E-state index contributed by atoms with van der Waals surface area (Å²) in [7, 11) is 1.92. The van der Waals surface area contributed by atoms with Gasteiger partial charge in [-0.15, -0.1) is 0 Å². The van der Waals surface area contributed by atoms with Gasteiger partial charge < -0.3 is 24.3 Å². The van der Waals surface area contributed by atoms with Crippen molar-refractivity contribution in [1.82, 2.24) is 19.3 Å². The van der Waals surface area contributed by atoms with Crippen LogP contribution in [-0.4, -0.2) is 49.5 Å². The molecule has 258 valence electrons. The van der Waals surface area contributed by atoms with Crippen molar-refractivity contribution in [2.24, 2.45) is 7.05 Å². The van der Waals surface area contributed by atoms with Crippen LogP contribution in [0.4, 0.5) is 5.69 Å². The Morgan fingerprint density at radius 1 is 1.04 bits per heavy atom. The number of ether oxygens (including phenoxy) is 1. The summed E-state index contributed by atoms with van der Waals surface area (Å²) in [6, 6.07) is 11.5. The molecule has 3 aromatic carbocycles. The summed E-state index contributed by atoms with van der Waals surface area (Å²) in [4.78, 5) is 32.0. The molecule has 4 heterocycles. The number of nitrogens with zero attached hydrogens (tertiary/aromatic N) is 4. The van der Waals surface area contributed by atoms with E-state index in [-0.39, 0.29) is 17.5 Å². The molecule has 1 unspecified atom stereocenters. The molecule has 1 aliphatic heterocycles. The number of fused-ring (bicyclic) bond motifs is 4. The molecule has 0 bridgehead atoms. The third-order valence-electron chi connectivity index (χ3n) is 10.00. The van der Waals surface area contributed by atoms with Gasteiger partial charge in [0.25, 0.3) is 5.91 Å². The van der Waals surface area contributed by atoms with Crippen LogP contribution in [0, 0.1) is 34.6 Å². The zero-order valence-electron chi connectivity index (χ0n) is 29.2. The smallest absolute Gasteiger partial charge is 0.337 e. The topological polar surface area (TPSA) is 105 Å². The van der Waals surface area contributed by atoms with Gasteiger partial charge in [0.1, 0.15) is 11.4 Å². The molecular weight excluding hydrogens is 673 g/mol. The second-order valence-corrected chi connectivity index (χ2v) is 14.3. The van der Waals surface area contributed by atoms with Crippen molar-refractivity contribution in [1.29, 1.82) is 0 Å². The molecule has 0 aliphatic carbocycles. The van der Waals surface area contributed by atoms with Crippen LogP contribution >= 0.6 is 23.2 Å². The number of halogens is 2. The van der Waals surface area contributed by atoms with E-state index in [9.17, 15) is 14.7 Å². The molecule has 0 spiro atoms. The first kappa shape index (κ1) is 33.8. The first-order valence-electron chi connectivity index (χ1n) is 16.7. The number of hydrogen-bond acceptors (Lipinski definition) is 4. The molecule has 9 nitrogen and oxygen atoms in total. The van der Waals surface area contributed by atoms with Crippen molar-refractivity contribution < 1.29 is 19.4 Å². The van der Waals surface area contributed by atoms with Gasteiger partial charge in [-0.3, -0.25) is 9.48 Å². The van der Waals surface area contributed by atoms with E-state index >= 15 is 0 Å². The number of carboxylic acid groups (broad SMARTS) is 1. The molecule has 2 N–H and O–H groups in total. The highest BCUT2D eigenvalue weighted by Gasteiger charge is 2.37. The van der Waals surface area contributed by atoms with Gasteiger partial charge in [0.05, 0.1) is 39.6 Å². The quantitative estimate of drug-likeness (QED) is 0.153. The Labute approximate surface area is 300 Å². The van der Waals surface area contributed by atoms with Crippen molar-refractivity contribution in [2.75, 3.05) is 18.1 Å². The molecule has 1 atom stereocenters. The number of amides is 1. The minimum atomic E-state index is -1.02. The van der Waals surface area contributed by atoms with Gasteiger partial charge in [0, 0.05) is 58.4 Å². The lowest BCUT2D eigenvalue weighted by Crippen LogP contribution is -2.42. The number of carboxylic acids is 1. The summed E-state index contributed by atoms with van der Waals surface area (Å²) < 4.78 is 10.2. The summed E-state index contributed by atoms with van der Waals surface area (Å²) in [5.74, 6) is -0.417. The van der Waals surface area contributed by atoms with E-state index < -0.39 is 5.97 Å². The van der Waals surface area contributed by atoms with Crippen LogP contribution in [0.3, 0.4) is 0 Å². The van der Waals surface area contributed by atoms with E-state index in [4.69, 9.17) is 33.0 Å². The zero-order chi connectivity index (χ0) is 35.8. The lowest BCUT2D eigenvalue weighted by atomic mass is 9.98. The number of aromatic nitrogens is 4. The van der Waals surface area contributed by atoms with Gasteiger partial charge in [0.15, 0.2) is 0 Å². The van der Waals surface area contributed by atoms with Crippen molar-refractivity contribution in [3.8, 4) is 16.9 Å². The molecule has 7 rings (SSSR count). The SMILES string of the molecule is Cc1cc(N2CC(C)n3c(c(CCCOc4cc(C)c(Cl)c(C)c4)c4ccc(Cl)c(-c5c(C)nn(C)c5C)c43)C2=O)c2[nH]cc(C(=O)O)c2c1. The van der Waals surface area contributed by atoms with Crippen LogP contribution in [-0.2, 0) is 13.5 Å². The molecule has 0 saturated carbocycles. The van der Waals surface area contributed by atoms with Crippen LogP contribution in [0.5, 0.6) is 5.75 Å². The Morgan fingerprint density at radius 3 is 2.42 bits per heavy atom. The Balaban J connectivity index is 1.38. The molecule has 11 heteroatoms. The first-order valence-corrected chi connectivity index (χ1v) is 17.5. The predicted molar refractivity (Wildman–Crippen MR) is 200 cm³/mol. The maximum Gasteiger partial charge on any atom is 0.337 e. The highest BCUT2D eigenvalue weighted by molar-refractivity contribution is 6.35. The second-order valence-electron chi connectivity index (χ2n) is 13.5. The Morgan fingerprint density at radius 2 is 1.76 bits per heavy atom. The van der Waals surface area contributed by atoms with Crippen molar-refractivity contribution in [3.05, 3.63) is 97.5 Å². The average molecular weight is 713 g/mol. The monoisotopic (exact) mass is 711 g/mol. The lowest BCUT2D eigenvalue weighted by molar-refractivity contribution is 0.0698. The summed E-state index contributed by atoms with van der Waals surface area (Å²) in [5, 5.41) is 17.4. The number of nitrogens with one attached hydrogen (secondary N) is 1. The molecule has 0 radical (unpaired) electrons. The van der Waals surface area contributed by atoms with Crippen LogP contribution in [0.25, 0.3) is 32.9 Å². The van der Waals surface area contributed by atoms with Crippen molar-refractivity contribution in [2.45, 2.75) is 60.4 Å². The second kappa shape index (κ2) is 12.5. The van der Waals surface area contributed by atoms with E-state index in [2.05, 4.69) is 16.5 Å². The maximum absolute atomic E-state index is 15.0. The summed E-state index contributed by atoms with van der Waals surface area (Å²) in [6.07, 6.45) is 2.73. The number of carbonyl (C=O) groups excluding carboxylic acids is 1. The third kappa shape index (κ3) is 5.34. The van der Waals surface area contributed by atoms with Crippen molar-refractivity contribution >= 4 is 62.6 Å². The number of aryl methyl sites for hydroxylation is 6. The highest BCUT2D eigenvalue weighted by atomic mass is 35.5. The number of carbonyl (C=O) groups is 2. The third-order valence-corrected chi connectivity index (χ3v) is 10.9. The zero-order valence-corrected chi connectivity index (χ0v) is 30.7. The summed E-state index contributed by atoms with van der Waals surface area (Å²) in [5.41, 5.74) is 10.3. The Kier molecular flexibility index (Phi) is 8.47. The van der Waals surface area contributed by atoms with E-state index in [1.165, 1.54) is 6.20 Å². The van der Waals surface area contributed by atoms with Crippen molar-refractivity contribution in [3.63, 3.8) is 0 Å². The van der Waals surface area contributed by atoms with Gasteiger partial charge in [0.2, 0.25) is 0 Å². The van der Waals surface area contributed by atoms with Crippen LogP contribution in [0.15, 0.2) is 42.6 Å². The van der Waals surface area contributed by atoms with E-state index in [1.807, 2.05) is 82.7 Å². The predicted octanol–water partition coefficient (Wildman–Crippen LogP) is 9.30. The summed E-state index contributed by atoms with van der Waals surface area (Å²) >= 11 is 13.5. The standard InChI is InChI=1S/C39H39Cl2N5O4/c1-19-13-28-29(39(48)49)17-42-35(28)31(14-19)45-18-22(4)46-36-27(10-11-30(40)33(36)32-23(5)43-44(7)24(32)6)26(37(46)38(45)47)9-8-12-50-25-15-20(2)34(41)21(3)16-25/h10-11,13-17,22,42H,8-9,12,18H2,1-7H3,(H,48,49). The van der Waals surface area contributed by atoms with E-state index in [0.717, 1.165) is 66.4 Å². The number of benzene rings is 3. The molecule has 0 fully saturated rings. The van der Waals surface area contributed by atoms with Gasteiger partial charge in [-0.05, 0) is 107 Å². The fourth-order valence-electron chi connectivity index (χ4n) is 7.68. The van der Waals surface area contributed by atoms with Crippen LogP contribution < -0.4 is 9.64 Å². The number of anilines is 1. The number of H-pyrrole nitrogens is 1. The van der Waals surface area contributed by atoms with Gasteiger partial charge >= 0.3 is 5.97 Å². The normalized spacial score (nSPS) is 14.6. The van der Waals surface area contributed by atoms with E-state index in [1.54, 1.807) is 4.90 Å². The maximum atomic E-state index is 15.0. The number of hydrogen-bond donors (Lipinski definition) is 2. The highest BCUT2D eigenvalue weighted by Crippen LogP contribution is 2.45. The average Bonchev–Trinajstić information content (AvgIpc) is 3.71. The largest absolute Gasteiger partial charge is 0.494 e. The van der Waals surface area contributed by atoms with Crippen LogP contribution in [0.2, 0.25) is 10.0 Å². The summed E-state index contributed by atoms with van der Waals surface area (Å²) in [6.45, 7) is 12.8. The minimum absolute atomic E-state index is 0.144. The molecule has 6 aromatic rings. The van der Waals surface area contributed by atoms with Crippen LogP contribution in [0.1, 0.15) is 73.9 Å². The molecule has 3 aromatic heterocycles. The molecule has 50 heavy (non-hydrogen) atoms. The van der Waals surface area contributed by atoms with E-state index in [0.29, 0.717) is 53.3 Å². The van der Waals surface area contributed by atoms with Gasteiger partial charge in [-0.1, -0.05) is 29.3 Å². The minimum Gasteiger partial charge on any atom is -0.494 e. The Hall–Kier alpha value is -4.73. The van der Waals surface area contributed by atoms with Gasteiger partial charge in [-0.25, -0.2) is 4.79 Å². The first-order chi connectivity index (χ1) is 23.8. The number of rotatable bonds is 8. The molecule has 1 aliphatic rings.